The van der Waals surface area contributed by atoms with E-state index in [0.29, 0.717) is 13.0 Å². The van der Waals surface area contributed by atoms with Crippen LogP contribution in [0, 0.1) is 23.2 Å². The van der Waals surface area contributed by atoms with Gasteiger partial charge < -0.3 is 14.4 Å². The number of nitrogens with zero attached hydrogens (tertiary/aromatic N) is 1. The van der Waals surface area contributed by atoms with Crippen LogP contribution in [0.1, 0.15) is 149 Å². The van der Waals surface area contributed by atoms with Crippen LogP contribution < -0.4 is 0 Å². The van der Waals surface area contributed by atoms with Crippen molar-refractivity contribution in [3.63, 3.8) is 0 Å². The lowest BCUT2D eigenvalue weighted by Gasteiger charge is -2.46. The number of esters is 1. The fourth-order valence-electron chi connectivity index (χ4n) is 7.80. The zero-order chi connectivity index (χ0) is 31.8. The van der Waals surface area contributed by atoms with E-state index in [2.05, 4.69) is 13.8 Å². The van der Waals surface area contributed by atoms with Crippen molar-refractivity contribution in [2.45, 2.75) is 161 Å². The smallest absolute Gasteiger partial charge is 0.364 e. The van der Waals surface area contributed by atoms with Crippen molar-refractivity contribution in [3.8, 4) is 0 Å². The molecule has 0 spiro atoms. The van der Waals surface area contributed by atoms with Crippen LogP contribution in [0.2, 0.25) is 0 Å². The molecule has 0 amide bonds. The van der Waals surface area contributed by atoms with E-state index >= 15 is 0 Å². The minimum Gasteiger partial charge on any atom is -0.463 e. The lowest BCUT2D eigenvalue weighted by atomic mass is 9.60. The van der Waals surface area contributed by atoms with Gasteiger partial charge in [0.25, 0.3) is 0 Å². The lowest BCUT2D eigenvalue weighted by Crippen LogP contribution is -2.53. The third-order valence-corrected chi connectivity index (χ3v) is 10.3. The molecule has 254 valence electrons. The predicted octanol–water partition coefficient (Wildman–Crippen LogP) is 7.95. The highest BCUT2D eigenvalue weighted by Crippen LogP contribution is 2.81. The first-order chi connectivity index (χ1) is 21.4. The molecule has 1 heterocycles. The normalized spacial score (nSPS) is 26.2. The van der Waals surface area contributed by atoms with Gasteiger partial charge in [0.2, 0.25) is 0 Å². The molecule has 1 saturated heterocycles. The number of hydrogen-bond acceptors (Lipinski definition) is 8. The summed E-state index contributed by atoms with van der Waals surface area (Å²) in [7, 11) is 3.86. The molecule has 3 fully saturated rings. The fourth-order valence-corrected chi connectivity index (χ4v) is 7.80. The molecule has 3 rings (SSSR count). The maximum atomic E-state index is 13.3. The Kier molecular flexibility index (Phi) is 16.5. The molecule has 2 aliphatic carbocycles. The van der Waals surface area contributed by atoms with Crippen LogP contribution in [0.5, 0.6) is 0 Å². The molecule has 0 N–H and O–H groups in total. The number of carbonyl (C=O) groups excluding carboxylic acids is 3. The van der Waals surface area contributed by atoms with Gasteiger partial charge in [-0.05, 0) is 38.8 Å². The number of fused-ring (bicyclic) bond motifs is 1. The maximum absolute atomic E-state index is 13.3. The maximum Gasteiger partial charge on any atom is 0.364 e. The van der Waals surface area contributed by atoms with Crippen molar-refractivity contribution in [2.75, 3.05) is 27.2 Å². The minimum absolute atomic E-state index is 0.0696. The number of carbonyl (C=O) groups is 3. The van der Waals surface area contributed by atoms with Gasteiger partial charge in [0.1, 0.15) is 12.0 Å². The average molecular weight is 622 g/mol. The number of ether oxygens (including phenoxy) is 2. The summed E-state index contributed by atoms with van der Waals surface area (Å²) in [6, 6.07) is 0. The zero-order valence-electron chi connectivity index (χ0n) is 28.5. The van der Waals surface area contributed by atoms with E-state index in [4.69, 9.17) is 19.2 Å². The summed E-state index contributed by atoms with van der Waals surface area (Å²) in [5.74, 6) is -0.779. The van der Waals surface area contributed by atoms with Crippen molar-refractivity contribution in [1.82, 2.24) is 4.90 Å². The van der Waals surface area contributed by atoms with Gasteiger partial charge >= 0.3 is 17.9 Å². The number of unbranched alkanes of at least 4 members (excludes halogenated alkanes) is 16. The Morgan fingerprint density at radius 1 is 0.682 bits per heavy atom. The first kappa shape index (κ1) is 36.8. The summed E-state index contributed by atoms with van der Waals surface area (Å²) in [6.45, 7) is 5.35. The first-order valence-corrected chi connectivity index (χ1v) is 18.2. The number of hydrogen-bond donors (Lipinski definition) is 0. The van der Waals surface area contributed by atoms with Gasteiger partial charge in [-0.2, -0.15) is 0 Å². The second kappa shape index (κ2) is 19.8. The topological polar surface area (TPSA) is 91.4 Å². The van der Waals surface area contributed by atoms with Crippen LogP contribution in [-0.4, -0.2) is 62.3 Å². The second-order valence-electron chi connectivity index (χ2n) is 14.0. The summed E-state index contributed by atoms with van der Waals surface area (Å²) in [5.41, 5.74) is -0.700. The van der Waals surface area contributed by atoms with Gasteiger partial charge in [-0.15, -0.1) is 0 Å². The summed E-state index contributed by atoms with van der Waals surface area (Å²) in [4.78, 5) is 50.0. The van der Waals surface area contributed by atoms with Gasteiger partial charge in [0, 0.05) is 12.5 Å². The van der Waals surface area contributed by atoms with E-state index in [0.717, 1.165) is 38.5 Å². The van der Waals surface area contributed by atoms with E-state index in [1.54, 1.807) is 0 Å². The van der Waals surface area contributed by atoms with Crippen molar-refractivity contribution in [1.29, 1.82) is 0 Å². The van der Waals surface area contributed by atoms with Crippen molar-refractivity contribution < 1.29 is 33.6 Å². The molecule has 0 radical (unpaired) electrons. The average Bonchev–Trinajstić information content (AvgIpc) is 3.41. The molecule has 3 aliphatic rings. The molecular formula is C36H63NO7. The summed E-state index contributed by atoms with van der Waals surface area (Å²) in [5, 5.41) is 0. The molecule has 44 heavy (non-hydrogen) atoms. The Morgan fingerprint density at radius 2 is 1.23 bits per heavy atom. The summed E-state index contributed by atoms with van der Waals surface area (Å²) >= 11 is 0. The zero-order valence-corrected chi connectivity index (χ0v) is 28.5. The molecule has 6 atom stereocenters. The Labute approximate surface area is 267 Å². The molecular weight excluding hydrogens is 558 g/mol. The molecule has 0 aromatic heterocycles. The summed E-state index contributed by atoms with van der Waals surface area (Å²) < 4.78 is 11.8. The first-order valence-electron chi connectivity index (χ1n) is 18.2. The van der Waals surface area contributed by atoms with Gasteiger partial charge in [-0.25, -0.2) is 19.4 Å². The standard InChI is InChI=1S/C36H63NO7/c1-5-7-9-11-13-15-16-18-20-22-24-31(39)43-44-35(40)36-28(23-21-19-17-14-12-10-8-6-2)32-29(42-34(36)33(32)36)27-41-30(38)25-26-37(3)4/h28-29,32-34H,5-27H2,1-4H3. The molecule has 2 saturated carbocycles. The van der Waals surface area contributed by atoms with Crippen LogP contribution in [0.4, 0.5) is 0 Å². The quantitative estimate of drug-likeness (QED) is 0.0416. The molecule has 1 aliphatic heterocycles. The van der Waals surface area contributed by atoms with E-state index in [9.17, 15) is 14.4 Å². The van der Waals surface area contributed by atoms with Gasteiger partial charge in [0.15, 0.2) is 0 Å². The summed E-state index contributed by atoms with van der Waals surface area (Å²) in [6.07, 6.45) is 22.9. The molecule has 0 aromatic carbocycles. The lowest BCUT2D eigenvalue weighted by molar-refractivity contribution is -0.274. The third kappa shape index (κ3) is 10.4. The minimum atomic E-state index is -0.700. The highest BCUT2D eigenvalue weighted by molar-refractivity contribution is 5.86. The van der Waals surface area contributed by atoms with E-state index in [-0.39, 0.29) is 49.0 Å². The van der Waals surface area contributed by atoms with Crippen molar-refractivity contribution in [2.24, 2.45) is 23.2 Å². The highest BCUT2D eigenvalue weighted by Gasteiger charge is 2.91. The van der Waals surface area contributed by atoms with Crippen LogP contribution >= 0.6 is 0 Å². The van der Waals surface area contributed by atoms with Crippen LogP contribution in [0.25, 0.3) is 0 Å². The van der Waals surface area contributed by atoms with Crippen LogP contribution in [0.15, 0.2) is 0 Å². The van der Waals surface area contributed by atoms with Crippen molar-refractivity contribution >= 4 is 17.9 Å². The van der Waals surface area contributed by atoms with Gasteiger partial charge in [-0.3, -0.25) is 4.79 Å². The Balaban J connectivity index is 1.38. The second-order valence-corrected chi connectivity index (χ2v) is 14.0. The third-order valence-electron chi connectivity index (χ3n) is 10.3. The van der Waals surface area contributed by atoms with Gasteiger partial charge in [0.05, 0.1) is 25.0 Å². The molecule has 0 aromatic rings. The highest BCUT2D eigenvalue weighted by atomic mass is 17.2. The molecule has 8 nitrogen and oxygen atoms in total. The Hall–Kier alpha value is -1.67. The Bertz CT molecular complexity index is 857. The molecule has 8 heteroatoms. The Morgan fingerprint density at radius 3 is 1.77 bits per heavy atom. The van der Waals surface area contributed by atoms with E-state index < -0.39 is 17.4 Å². The largest absolute Gasteiger partial charge is 0.463 e. The van der Waals surface area contributed by atoms with E-state index in [1.807, 2.05) is 19.0 Å². The van der Waals surface area contributed by atoms with E-state index in [1.165, 1.54) is 83.5 Å². The van der Waals surface area contributed by atoms with Gasteiger partial charge in [-0.1, -0.05) is 123 Å². The number of rotatable bonds is 26. The van der Waals surface area contributed by atoms with Crippen molar-refractivity contribution in [3.05, 3.63) is 0 Å². The molecule has 0 bridgehead atoms. The molecule has 6 unspecified atom stereocenters. The SMILES string of the molecule is CCCCCCCCCCCCC(=O)OOC(=O)C12C(CCCCCCCCCC)C3C(COC(=O)CCN(C)C)OC1C32. The van der Waals surface area contributed by atoms with Crippen LogP contribution in [-0.2, 0) is 33.6 Å². The van der Waals surface area contributed by atoms with Crippen LogP contribution in [0.3, 0.4) is 0 Å². The predicted molar refractivity (Wildman–Crippen MR) is 172 cm³/mol. The monoisotopic (exact) mass is 621 g/mol. The fraction of sp³-hybridized carbons (Fsp3) is 0.917.